The zero-order valence-electron chi connectivity index (χ0n) is 27.7. The fourth-order valence-electron chi connectivity index (χ4n) is 5.28. The van der Waals surface area contributed by atoms with Crippen LogP contribution in [0.25, 0.3) is 0 Å². The van der Waals surface area contributed by atoms with E-state index in [4.69, 9.17) is 0 Å². The van der Waals surface area contributed by atoms with Crippen LogP contribution < -0.4 is 0 Å². The van der Waals surface area contributed by atoms with E-state index < -0.39 is 0 Å². The molecule has 0 aromatic carbocycles. The molecule has 0 aliphatic heterocycles. The van der Waals surface area contributed by atoms with Crippen molar-refractivity contribution in [1.29, 1.82) is 0 Å². The van der Waals surface area contributed by atoms with Crippen molar-refractivity contribution in [2.24, 2.45) is 10.8 Å². The van der Waals surface area contributed by atoms with Crippen LogP contribution in [-0.4, -0.2) is 11.6 Å². The van der Waals surface area contributed by atoms with E-state index in [1.165, 1.54) is 0 Å². The molecule has 0 heterocycles. The molecular weight excluding hydrogens is 512 g/mol. The van der Waals surface area contributed by atoms with Gasteiger partial charge in [-0.15, -0.1) is 0 Å². The molecule has 2 aliphatic rings. The van der Waals surface area contributed by atoms with Gasteiger partial charge in [-0.2, -0.15) is 0 Å². The predicted molar refractivity (Wildman–Crippen MR) is 182 cm³/mol. The van der Waals surface area contributed by atoms with Crippen LogP contribution in [0.1, 0.15) is 94.9 Å². The van der Waals surface area contributed by atoms with E-state index in [9.17, 15) is 9.59 Å². The third kappa shape index (κ3) is 10.7. The zero-order chi connectivity index (χ0) is 31.5. The normalized spacial score (nSPS) is 21.6. The second-order valence-corrected chi connectivity index (χ2v) is 13.1. The van der Waals surface area contributed by atoms with Gasteiger partial charge in [-0.25, -0.2) is 0 Å². The SMILES string of the molecule is CC1=C(/C=C/C(C)=C\C=C\C(C)=C\C=C\C=C(C)\C=C\C=C(C)/C=C/C2=C(C)C(=O)CCC2(C)C)C(C)(C)CCC1=O. The molecule has 0 radical (unpaired) electrons. The van der Waals surface area contributed by atoms with Gasteiger partial charge >= 0.3 is 0 Å². The summed E-state index contributed by atoms with van der Waals surface area (Å²) in [6.45, 7) is 21.1. The molecule has 0 aromatic heterocycles. The standard InChI is InChI=1S/C40H52O2/c1-29(17-13-19-31(3)21-23-35-33(5)37(41)25-27-39(35,7)8)15-11-12-16-30(2)18-14-20-32(4)22-24-36-34(6)38(42)26-28-40(36,9)10/h11-24H,25-28H2,1-10H3/b12-11+,17-13+,18-14+,23-21+,24-22+,29-15+,30-16+,31-19-,32-20-. The summed E-state index contributed by atoms with van der Waals surface area (Å²) in [5, 5.41) is 0. The summed E-state index contributed by atoms with van der Waals surface area (Å²) in [5.41, 5.74) is 8.82. The number of ketones is 2. The number of hydrogen-bond donors (Lipinski definition) is 0. The second kappa shape index (κ2) is 15.6. The summed E-state index contributed by atoms with van der Waals surface area (Å²) in [7, 11) is 0. The first-order valence-electron chi connectivity index (χ1n) is 15.2. The molecule has 0 aromatic rings. The fourth-order valence-corrected chi connectivity index (χ4v) is 5.28. The predicted octanol–water partition coefficient (Wildman–Crippen LogP) is 11.0. The number of rotatable bonds is 10. The molecule has 0 atom stereocenters. The van der Waals surface area contributed by atoms with E-state index in [2.05, 4.69) is 140 Å². The average Bonchev–Trinajstić information content (AvgIpc) is 2.91. The van der Waals surface area contributed by atoms with Crippen LogP contribution in [0.2, 0.25) is 0 Å². The zero-order valence-corrected chi connectivity index (χ0v) is 27.7. The Bertz CT molecular complexity index is 1270. The van der Waals surface area contributed by atoms with Crippen LogP contribution in [-0.2, 0) is 9.59 Å². The molecule has 2 rings (SSSR count). The van der Waals surface area contributed by atoms with Gasteiger partial charge in [0.1, 0.15) is 0 Å². The van der Waals surface area contributed by atoms with Crippen molar-refractivity contribution >= 4 is 11.6 Å². The fraction of sp³-hybridized carbons (Fsp3) is 0.400. The minimum atomic E-state index is 0.0404. The summed E-state index contributed by atoms with van der Waals surface area (Å²) < 4.78 is 0. The molecule has 0 bridgehead atoms. The Morgan fingerprint density at radius 3 is 1.19 bits per heavy atom. The van der Waals surface area contributed by atoms with Crippen molar-refractivity contribution in [3.05, 3.63) is 130 Å². The van der Waals surface area contributed by atoms with E-state index in [1.54, 1.807) is 0 Å². The van der Waals surface area contributed by atoms with Gasteiger partial charge in [0, 0.05) is 12.8 Å². The first-order valence-corrected chi connectivity index (χ1v) is 15.2. The van der Waals surface area contributed by atoms with Crippen LogP contribution in [0, 0.1) is 10.8 Å². The molecule has 2 aliphatic carbocycles. The average molecular weight is 565 g/mol. The Balaban J connectivity index is 1.93. The number of allylic oxidation sites excluding steroid dienone is 22. The molecule has 224 valence electrons. The number of Topliss-reactive ketones (excluding diaryl/α,β-unsaturated/α-hetero) is 2. The lowest BCUT2D eigenvalue weighted by Crippen LogP contribution is -2.24. The highest BCUT2D eigenvalue weighted by Gasteiger charge is 2.31. The van der Waals surface area contributed by atoms with Gasteiger partial charge in [0.2, 0.25) is 0 Å². The smallest absolute Gasteiger partial charge is 0.158 e. The summed E-state index contributed by atoms with van der Waals surface area (Å²) >= 11 is 0. The molecule has 0 N–H and O–H groups in total. The summed E-state index contributed by atoms with van der Waals surface area (Å²) in [6.07, 6.45) is 32.4. The summed E-state index contributed by atoms with van der Waals surface area (Å²) in [6, 6.07) is 0. The van der Waals surface area contributed by atoms with E-state index in [-0.39, 0.29) is 22.4 Å². The lowest BCUT2D eigenvalue weighted by Gasteiger charge is -2.32. The molecule has 2 nitrogen and oxygen atoms in total. The minimum Gasteiger partial charge on any atom is -0.295 e. The van der Waals surface area contributed by atoms with E-state index >= 15 is 0 Å². The Hall–Kier alpha value is -3.52. The molecule has 0 saturated carbocycles. The highest BCUT2D eigenvalue weighted by Crippen LogP contribution is 2.40. The lowest BCUT2D eigenvalue weighted by molar-refractivity contribution is -0.117. The summed E-state index contributed by atoms with van der Waals surface area (Å²) in [4.78, 5) is 24.3. The molecule has 0 spiro atoms. The third-order valence-electron chi connectivity index (χ3n) is 8.35. The van der Waals surface area contributed by atoms with Gasteiger partial charge in [-0.3, -0.25) is 9.59 Å². The summed E-state index contributed by atoms with van der Waals surface area (Å²) in [5.74, 6) is 0.542. The van der Waals surface area contributed by atoms with Crippen LogP contribution in [0.15, 0.2) is 130 Å². The van der Waals surface area contributed by atoms with Crippen LogP contribution in [0.4, 0.5) is 0 Å². The monoisotopic (exact) mass is 564 g/mol. The molecule has 0 saturated heterocycles. The third-order valence-corrected chi connectivity index (χ3v) is 8.35. The highest BCUT2D eigenvalue weighted by molar-refractivity contribution is 5.97. The van der Waals surface area contributed by atoms with Crippen molar-refractivity contribution in [1.82, 2.24) is 0 Å². The second-order valence-electron chi connectivity index (χ2n) is 13.1. The maximum absolute atomic E-state index is 12.2. The van der Waals surface area contributed by atoms with E-state index in [0.717, 1.165) is 57.4 Å². The Morgan fingerprint density at radius 1 is 0.524 bits per heavy atom. The first-order chi connectivity index (χ1) is 19.6. The van der Waals surface area contributed by atoms with Gasteiger partial charge in [0.05, 0.1) is 0 Å². The molecule has 0 amide bonds. The molecule has 0 fully saturated rings. The topological polar surface area (TPSA) is 34.1 Å². The quantitative estimate of drug-likeness (QED) is 0.247. The van der Waals surface area contributed by atoms with Crippen molar-refractivity contribution in [3.8, 4) is 0 Å². The Morgan fingerprint density at radius 2 is 0.833 bits per heavy atom. The van der Waals surface area contributed by atoms with E-state index in [0.29, 0.717) is 12.8 Å². The number of carbonyl (C=O) groups excluding carboxylic acids is 2. The van der Waals surface area contributed by atoms with Crippen molar-refractivity contribution in [2.75, 3.05) is 0 Å². The largest absolute Gasteiger partial charge is 0.295 e. The molecule has 2 heteroatoms. The van der Waals surface area contributed by atoms with Gasteiger partial charge in [-0.05, 0) is 87.5 Å². The van der Waals surface area contributed by atoms with E-state index in [1.807, 2.05) is 13.8 Å². The van der Waals surface area contributed by atoms with Crippen molar-refractivity contribution < 1.29 is 9.59 Å². The Kier molecular flexibility index (Phi) is 12.9. The highest BCUT2D eigenvalue weighted by atomic mass is 16.1. The van der Waals surface area contributed by atoms with Crippen molar-refractivity contribution in [2.45, 2.75) is 94.9 Å². The van der Waals surface area contributed by atoms with Crippen LogP contribution >= 0.6 is 0 Å². The van der Waals surface area contributed by atoms with Gasteiger partial charge in [0.25, 0.3) is 0 Å². The maximum atomic E-state index is 12.2. The Labute approximate surface area is 256 Å². The van der Waals surface area contributed by atoms with Crippen LogP contribution in [0.5, 0.6) is 0 Å². The number of hydrogen-bond acceptors (Lipinski definition) is 2. The van der Waals surface area contributed by atoms with Gasteiger partial charge < -0.3 is 0 Å². The first kappa shape index (κ1) is 34.7. The maximum Gasteiger partial charge on any atom is 0.158 e. The molecule has 0 unspecified atom stereocenters. The van der Waals surface area contributed by atoms with Crippen LogP contribution in [0.3, 0.4) is 0 Å². The van der Waals surface area contributed by atoms with Crippen molar-refractivity contribution in [3.63, 3.8) is 0 Å². The molecule has 42 heavy (non-hydrogen) atoms. The van der Waals surface area contributed by atoms with Gasteiger partial charge in [0.15, 0.2) is 11.6 Å². The van der Waals surface area contributed by atoms with Gasteiger partial charge in [-0.1, -0.05) is 135 Å². The molecular formula is C40H52O2. The number of carbonyl (C=O) groups is 2. The lowest BCUT2D eigenvalue weighted by atomic mass is 9.72. The minimum absolute atomic E-state index is 0.0404.